The fourth-order valence-electron chi connectivity index (χ4n) is 8.78. The van der Waals surface area contributed by atoms with Gasteiger partial charge in [-0.25, -0.2) is 0 Å². The molecule has 2 unspecified atom stereocenters. The van der Waals surface area contributed by atoms with Crippen molar-refractivity contribution in [3.05, 3.63) is 48.6 Å². The molecular formula is C61H113NO5. The molecule has 0 saturated carbocycles. The Labute approximate surface area is 416 Å². The molecule has 0 heterocycles. The molecule has 0 aliphatic heterocycles. The molecule has 0 spiro atoms. The zero-order valence-corrected chi connectivity index (χ0v) is 44.6. The van der Waals surface area contributed by atoms with Crippen molar-refractivity contribution < 1.29 is 24.5 Å². The van der Waals surface area contributed by atoms with Gasteiger partial charge in [0, 0.05) is 12.8 Å². The van der Waals surface area contributed by atoms with Crippen molar-refractivity contribution in [2.75, 3.05) is 13.2 Å². The van der Waals surface area contributed by atoms with Crippen LogP contribution < -0.4 is 5.32 Å². The maximum absolute atomic E-state index is 12.4. The van der Waals surface area contributed by atoms with E-state index in [0.29, 0.717) is 19.4 Å². The predicted octanol–water partition coefficient (Wildman–Crippen LogP) is 18.2. The van der Waals surface area contributed by atoms with Gasteiger partial charge in [0.2, 0.25) is 5.91 Å². The summed E-state index contributed by atoms with van der Waals surface area (Å²) in [7, 11) is 0. The number of unbranched alkanes of at least 4 members (excludes halogenated alkanes) is 37. The van der Waals surface area contributed by atoms with Crippen molar-refractivity contribution >= 4 is 11.9 Å². The number of aliphatic hydroxyl groups excluding tert-OH is 2. The smallest absolute Gasteiger partial charge is 0.305 e. The van der Waals surface area contributed by atoms with Crippen LogP contribution in [0.5, 0.6) is 0 Å². The molecule has 0 aromatic heterocycles. The molecule has 6 nitrogen and oxygen atoms in total. The van der Waals surface area contributed by atoms with E-state index in [-0.39, 0.29) is 18.5 Å². The molecule has 3 N–H and O–H groups in total. The molecule has 0 aliphatic carbocycles. The van der Waals surface area contributed by atoms with Gasteiger partial charge in [0.05, 0.1) is 25.4 Å². The van der Waals surface area contributed by atoms with E-state index in [1.165, 1.54) is 212 Å². The largest absolute Gasteiger partial charge is 0.466 e. The summed E-state index contributed by atoms with van der Waals surface area (Å²) in [6.07, 6.45) is 71.3. The number of carbonyl (C=O) groups excluding carboxylic acids is 2. The number of ether oxygens (including phenoxy) is 1. The van der Waals surface area contributed by atoms with E-state index in [9.17, 15) is 19.8 Å². The molecule has 0 radical (unpaired) electrons. The molecule has 0 bridgehead atoms. The quantitative estimate of drug-likeness (QED) is 0.0321. The topological polar surface area (TPSA) is 95.9 Å². The number of hydrogen-bond donors (Lipinski definition) is 3. The molecule has 0 rings (SSSR count). The Kier molecular flexibility index (Phi) is 54.6. The van der Waals surface area contributed by atoms with Crippen LogP contribution in [0.15, 0.2) is 48.6 Å². The molecular weight excluding hydrogens is 827 g/mol. The first-order valence-corrected chi connectivity index (χ1v) is 29.4. The zero-order valence-electron chi connectivity index (χ0n) is 44.6. The van der Waals surface area contributed by atoms with Gasteiger partial charge in [-0.1, -0.05) is 249 Å². The van der Waals surface area contributed by atoms with E-state index in [1.54, 1.807) is 6.08 Å². The first-order chi connectivity index (χ1) is 33.0. The first-order valence-electron chi connectivity index (χ1n) is 29.4. The molecule has 0 aliphatic rings. The van der Waals surface area contributed by atoms with E-state index >= 15 is 0 Å². The molecule has 0 fully saturated rings. The number of aliphatic hydroxyl groups is 2. The van der Waals surface area contributed by atoms with Gasteiger partial charge in [0.15, 0.2) is 0 Å². The minimum atomic E-state index is -0.851. The number of esters is 1. The SMILES string of the molecule is CCCCCC/C=C\C/C=C\CCCCCCCCCC(=O)OCCCCCCCCCC/C=C\CCCCCCCCCC(=O)NC(CO)C(O)/C=C/CCCCCCCCCCCCC. The highest BCUT2D eigenvalue weighted by Gasteiger charge is 2.18. The molecule has 0 aromatic rings. The molecule has 2 atom stereocenters. The summed E-state index contributed by atoms with van der Waals surface area (Å²) in [5.41, 5.74) is 0. The van der Waals surface area contributed by atoms with Crippen LogP contribution in [0, 0.1) is 0 Å². The summed E-state index contributed by atoms with van der Waals surface area (Å²) in [6.45, 7) is 4.87. The number of nitrogens with one attached hydrogen (secondary N) is 1. The summed E-state index contributed by atoms with van der Waals surface area (Å²) in [4.78, 5) is 24.5. The lowest BCUT2D eigenvalue weighted by molar-refractivity contribution is -0.143. The van der Waals surface area contributed by atoms with Gasteiger partial charge in [0.1, 0.15) is 0 Å². The van der Waals surface area contributed by atoms with E-state index in [2.05, 4.69) is 55.6 Å². The average molecular weight is 941 g/mol. The molecule has 0 aromatic carbocycles. The highest BCUT2D eigenvalue weighted by atomic mass is 16.5. The Morgan fingerprint density at radius 3 is 1.16 bits per heavy atom. The summed E-state index contributed by atoms with van der Waals surface area (Å²) in [5.74, 6) is -0.0833. The van der Waals surface area contributed by atoms with Crippen molar-refractivity contribution in [3.8, 4) is 0 Å². The number of amides is 1. The average Bonchev–Trinajstić information content (AvgIpc) is 3.33. The third-order valence-electron chi connectivity index (χ3n) is 13.3. The van der Waals surface area contributed by atoms with Crippen molar-refractivity contribution in [2.45, 2.75) is 315 Å². The zero-order chi connectivity index (χ0) is 48.6. The third-order valence-corrected chi connectivity index (χ3v) is 13.3. The van der Waals surface area contributed by atoms with Crippen LogP contribution in [0.25, 0.3) is 0 Å². The van der Waals surface area contributed by atoms with Gasteiger partial charge in [0.25, 0.3) is 0 Å². The van der Waals surface area contributed by atoms with Crippen LogP contribution in [0.1, 0.15) is 303 Å². The van der Waals surface area contributed by atoms with E-state index < -0.39 is 12.1 Å². The van der Waals surface area contributed by atoms with Crippen molar-refractivity contribution in [3.63, 3.8) is 0 Å². The van der Waals surface area contributed by atoms with Crippen LogP contribution >= 0.6 is 0 Å². The van der Waals surface area contributed by atoms with Crippen LogP contribution in [-0.4, -0.2) is 47.4 Å². The fourth-order valence-corrected chi connectivity index (χ4v) is 8.78. The molecule has 1 amide bonds. The highest BCUT2D eigenvalue weighted by Crippen LogP contribution is 2.16. The lowest BCUT2D eigenvalue weighted by Crippen LogP contribution is -2.45. The van der Waals surface area contributed by atoms with Gasteiger partial charge in [-0.3, -0.25) is 9.59 Å². The Bertz CT molecular complexity index is 1130. The highest BCUT2D eigenvalue weighted by molar-refractivity contribution is 5.76. The van der Waals surface area contributed by atoms with Gasteiger partial charge in [-0.05, 0) is 89.9 Å². The second-order valence-corrected chi connectivity index (χ2v) is 20.0. The number of hydrogen-bond acceptors (Lipinski definition) is 5. The maximum Gasteiger partial charge on any atom is 0.305 e. The number of carbonyl (C=O) groups is 2. The van der Waals surface area contributed by atoms with Crippen LogP contribution in [0.3, 0.4) is 0 Å². The minimum absolute atomic E-state index is 0.00467. The summed E-state index contributed by atoms with van der Waals surface area (Å²) < 4.78 is 5.48. The standard InChI is InChI=1S/C61H113NO5/c1-3-5-7-9-11-13-15-17-18-19-24-27-31-35-39-43-47-51-55-61(66)67-56-52-48-44-40-36-32-28-25-22-20-21-23-26-30-34-38-42-46-50-54-60(65)62-58(57-63)59(64)53-49-45-41-37-33-29-16-14-12-10-8-6-4-2/h13,15,18-21,49,53,58-59,63-64H,3-12,14,16-17,22-48,50-52,54-57H2,1-2H3,(H,62,65)/b15-13-,19-18-,21-20-,53-49+. The normalized spacial score (nSPS) is 13.0. The van der Waals surface area contributed by atoms with Crippen molar-refractivity contribution in [1.82, 2.24) is 5.32 Å². The van der Waals surface area contributed by atoms with Crippen LogP contribution in [-0.2, 0) is 14.3 Å². The van der Waals surface area contributed by atoms with Crippen LogP contribution in [0.4, 0.5) is 0 Å². The summed E-state index contributed by atoms with van der Waals surface area (Å²) >= 11 is 0. The van der Waals surface area contributed by atoms with Gasteiger partial charge >= 0.3 is 5.97 Å². The second-order valence-electron chi connectivity index (χ2n) is 20.0. The Morgan fingerprint density at radius 1 is 0.418 bits per heavy atom. The number of allylic oxidation sites excluding steroid dienone is 7. The lowest BCUT2D eigenvalue weighted by Gasteiger charge is -2.20. The molecule has 6 heteroatoms. The van der Waals surface area contributed by atoms with Gasteiger partial charge in [-0.2, -0.15) is 0 Å². The molecule has 67 heavy (non-hydrogen) atoms. The van der Waals surface area contributed by atoms with Crippen molar-refractivity contribution in [2.24, 2.45) is 0 Å². The lowest BCUT2D eigenvalue weighted by atomic mass is 10.0. The second kappa shape index (κ2) is 56.4. The van der Waals surface area contributed by atoms with Crippen LogP contribution in [0.2, 0.25) is 0 Å². The summed E-state index contributed by atoms with van der Waals surface area (Å²) in [5, 5.41) is 23.1. The summed E-state index contributed by atoms with van der Waals surface area (Å²) in [6, 6.07) is -0.635. The Morgan fingerprint density at radius 2 is 0.746 bits per heavy atom. The molecule has 0 saturated heterocycles. The van der Waals surface area contributed by atoms with E-state index in [0.717, 1.165) is 64.2 Å². The Balaban J connectivity index is 3.46. The monoisotopic (exact) mass is 940 g/mol. The van der Waals surface area contributed by atoms with E-state index in [4.69, 9.17) is 4.74 Å². The Hall–Kier alpha value is -2.18. The maximum atomic E-state index is 12.4. The molecule has 392 valence electrons. The first kappa shape index (κ1) is 64.8. The number of rotatable bonds is 54. The van der Waals surface area contributed by atoms with Gasteiger partial charge in [-0.15, -0.1) is 0 Å². The fraction of sp³-hybridized carbons (Fsp3) is 0.836. The van der Waals surface area contributed by atoms with Crippen molar-refractivity contribution in [1.29, 1.82) is 0 Å². The van der Waals surface area contributed by atoms with Gasteiger partial charge < -0.3 is 20.3 Å². The predicted molar refractivity (Wildman–Crippen MR) is 292 cm³/mol. The minimum Gasteiger partial charge on any atom is -0.466 e. The van der Waals surface area contributed by atoms with E-state index in [1.807, 2.05) is 6.08 Å². The third kappa shape index (κ3) is 53.0.